The van der Waals surface area contributed by atoms with Gasteiger partial charge in [0.25, 0.3) is 0 Å². The lowest BCUT2D eigenvalue weighted by Gasteiger charge is -2.26. The van der Waals surface area contributed by atoms with Crippen LogP contribution in [0.1, 0.15) is 32.6 Å². The molecule has 0 aromatic heterocycles. The molecule has 0 aliphatic carbocycles. The van der Waals surface area contributed by atoms with Crippen molar-refractivity contribution in [3.05, 3.63) is 0 Å². The third kappa shape index (κ3) is 3.44. The summed E-state index contributed by atoms with van der Waals surface area (Å²) in [5, 5.41) is 7.16. The summed E-state index contributed by atoms with van der Waals surface area (Å²) in [6, 6.07) is 0.807. The van der Waals surface area contributed by atoms with Crippen LogP contribution in [0.5, 0.6) is 0 Å². The van der Waals surface area contributed by atoms with E-state index < -0.39 is 0 Å². The highest BCUT2D eigenvalue weighted by Crippen LogP contribution is 2.16. The molecule has 2 atom stereocenters. The summed E-state index contributed by atoms with van der Waals surface area (Å²) in [5.74, 6) is 0.866. The van der Waals surface area contributed by atoms with E-state index in [0.717, 1.165) is 12.0 Å². The average molecular weight is 225 g/mol. The molecule has 2 rings (SSSR count). The van der Waals surface area contributed by atoms with Gasteiger partial charge in [-0.05, 0) is 64.3 Å². The van der Waals surface area contributed by atoms with Gasteiger partial charge in [0, 0.05) is 12.6 Å². The van der Waals surface area contributed by atoms with Crippen LogP contribution < -0.4 is 10.6 Å². The molecule has 3 nitrogen and oxygen atoms in total. The molecule has 3 heteroatoms. The van der Waals surface area contributed by atoms with Gasteiger partial charge in [-0.25, -0.2) is 0 Å². The van der Waals surface area contributed by atoms with Crippen LogP contribution in [0.4, 0.5) is 0 Å². The predicted octanol–water partition coefficient (Wildman–Crippen LogP) is 1.06. The Labute approximate surface area is 100.0 Å². The van der Waals surface area contributed by atoms with E-state index in [4.69, 9.17) is 0 Å². The van der Waals surface area contributed by atoms with Crippen molar-refractivity contribution in [2.24, 2.45) is 5.92 Å². The number of likely N-dealkylation sites (tertiary alicyclic amines) is 1. The Morgan fingerprint density at radius 2 is 2.19 bits per heavy atom. The van der Waals surface area contributed by atoms with Crippen molar-refractivity contribution in [3.63, 3.8) is 0 Å². The SMILES string of the molecule is CCN1CCCC1CNCC1CCCNC1. The number of hydrogen-bond acceptors (Lipinski definition) is 3. The van der Waals surface area contributed by atoms with E-state index in [2.05, 4.69) is 22.5 Å². The first kappa shape index (κ1) is 12.3. The fraction of sp³-hybridized carbons (Fsp3) is 1.00. The van der Waals surface area contributed by atoms with Gasteiger partial charge in [0.15, 0.2) is 0 Å². The lowest BCUT2D eigenvalue weighted by molar-refractivity contribution is 0.253. The maximum absolute atomic E-state index is 3.68. The van der Waals surface area contributed by atoms with Crippen LogP contribution in [-0.2, 0) is 0 Å². The molecule has 0 aromatic rings. The van der Waals surface area contributed by atoms with Gasteiger partial charge in [-0.2, -0.15) is 0 Å². The van der Waals surface area contributed by atoms with Gasteiger partial charge in [0.1, 0.15) is 0 Å². The summed E-state index contributed by atoms with van der Waals surface area (Å²) < 4.78 is 0. The van der Waals surface area contributed by atoms with Gasteiger partial charge in [0.2, 0.25) is 0 Å². The molecule has 0 amide bonds. The topological polar surface area (TPSA) is 27.3 Å². The molecular formula is C13H27N3. The number of piperidine rings is 1. The van der Waals surface area contributed by atoms with Crippen molar-refractivity contribution in [2.75, 3.05) is 39.3 Å². The second-order valence-electron chi connectivity index (χ2n) is 5.30. The highest BCUT2D eigenvalue weighted by Gasteiger charge is 2.22. The number of nitrogens with one attached hydrogen (secondary N) is 2. The number of rotatable bonds is 5. The van der Waals surface area contributed by atoms with Crippen LogP contribution in [0.15, 0.2) is 0 Å². The summed E-state index contributed by atoms with van der Waals surface area (Å²) in [7, 11) is 0. The van der Waals surface area contributed by atoms with Crippen LogP contribution in [0, 0.1) is 5.92 Å². The highest BCUT2D eigenvalue weighted by atomic mass is 15.2. The minimum Gasteiger partial charge on any atom is -0.316 e. The average Bonchev–Trinajstić information content (AvgIpc) is 2.78. The first-order valence-electron chi connectivity index (χ1n) is 7.05. The van der Waals surface area contributed by atoms with E-state index in [1.54, 1.807) is 0 Å². The quantitative estimate of drug-likeness (QED) is 0.732. The zero-order valence-corrected chi connectivity index (χ0v) is 10.7. The summed E-state index contributed by atoms with van der Waals surface area (Å²) in [4.78, 5) is 2.62. The lowest BCUT2D eigenvalue weighted by Crippen LogP contribution is -2.41. The molecule has 2 aliphatic heterocycles. The Morgan fingerprint density at radius 3 is 2.94 bits per heavy atom. The summed E-state index contributed by atoms with van der Waals surface area (Å²) >= 11 is 0. The van der Waals surface area contributed by atoms with Crippen molar-refractivity contribution in [1.29, 1.82) is 0 Å². The summed E-state index contributed by atoms with van der Waals surface area (Å²) in [5.41, 5.74) is 0. The van der Waals surface area contributed by atoms with Gasteiger partial charge < -0.3 is 10.6 Å². The minimum absolute atomic E-state index is 0.807. The Morgan fingerprint density at radius 1 is 1.25 bits per heavy atom. The zero-order chi connectivity index (χ0) is 11.2. The van der Waals surface area contributed by atoms with E-state index in [9.17, 15) is 0 Å². The Kier molecular flexibility index (Phi) is 5.07. The van der Waals surface area contributed by atoms with Gasteiger partial charge in [-0.15, -0.1) is 0 Å². The van der Waals surface area contributed by atoms with E-state index in [1.165, 1.54) is 65.0 Å². The molecular weight excluding hydrogens is 198 g/mol. The van der Waals surface area contributed by atoms with Gasteiger partial charge >= 0.3 is 0 Å². The highest BCUT2D eigenvalue weighted by molar-refractivity contribution is 4.81. The second-order valence-corrected chi connectivity index (χ2v) is 5.30. The molecule has 0 bridgehead atoms. The standard InChI is InChI=1S/C13H27N3/c1-2-16-8-4-6-13(16)11-15-10-12-5-3-7-14-9-12/h12-15H,2-11H2,1H3. The van der Waals surface area contributed by atoms with E-state index >= 15 is 0 Å². The molecule has 16 heavy (non-hydrogen) atoms. The maximum atomic E-state index is 3.68. The van der Waals surface area contributed by atoms with Gasteiger partial charge in [-0.1, -0.05) is 6.92 Å². The van der Waals surface area contributed by atoms with Crippen molar-refractivity contribution in [2.45, 2.75) is 38.6 Å². The van der Waals surface area contributed by atoms with E-state index in [1.807, 2.05) is 0 Å². The fourth-order valence-corrected chi connectivity index (χ4v) is 3.09. The second kappa shape index (κ2) is 6.58. The summed E-state index contributed by atoms with van der Waals surface area (Å²) in [6.45, 7) is 9.66. The molecule has 0 saturated carbocycles. The molecule has 2 aliphatic rings. The predicted molar refractivity (Wildman–Crippen MR) is 68.7 cm³/mol. The molecule has 2 saturated heterocycles. The molecule has 0 aromatic carbocycles. The monoisotopic (exact) mass is 225 g/mol. The molecule has 2 heterocycles. The first-order chi connectivity index (χ1) is 7.90. The van der Waals surface area contributed by atoms with Gasteiger partial charge in [0.05, 0.1) is 0 Å². The fourth-order valence-electron chi connectivity index (χ4n) is 3.09. The van der Waals surface area contributed by atoms with Crippen molar-refractivity contribution in [1.82, 2.24) is 15.5 Å². The van der Waals surface area contributed by atoms with Crippen LogP contribution in [-0.4, -0.2) is 50.2 Å². The Balaban J connectivity index is 1.59. The van der Waals surface area contributed by atoms with Crippen LogP contribution in [0.3, 0.4) is 0 Å². The van der Waals surface area contributed by atoms with Crippen LogP contribution in [0.25, 0.3) is 0 Å². The van der Waals surface area contributed by atoms with Gasteiger partial charge in [-0.3, -0.25) is 4.90 Å². The molecule has 0 spiro atoms. The van der Waals surface area contributed by atoms with Crippen LogP contribution >= 0.6 is 0 Å². The van der Waals surface area contributed by atoms with E-state index in [0.29, 0.717) is 0 Å². The minimum atomic E-state index is 0.807. The third-order valence-electron chi connectivity index (χ3n) is 4.12. The van der Waals surface area contributed by atoms with Crippen molar-refractivity contribution in [3.8, 4) is 0 Å². The Bertz CT molecular complexity index is 190. The number of nitrogens with zero attached hydrogens (tertiary/aromatic N) is 1. The maximum Gasteiger partial charge on any atom is 0.0220 e. The van der Waals surface area contributed by atoms with Crippen LogP contribution in [0.2, 0.25) is 0 Å². The molecule has 2 fully saturated rings. The first-order valence-corrected chi connectivity index (χ1v) is 7.05. The normalized spacial score (nSPS) is 32.1. The zero-order valence-electron chi connectivity index (χ0n) is 10.7. The molecule has 0 radical (unpaired) electrons. The Hall–Kier alpha value is -0.120. The summed E-state index contributed by atoms with van der Waals surface area (Å²) in [6.07, 6.45) is 5.55. The smallest absolute Gasteiger partial charge is 0.0220 e. The lowest BCUT2D eigenvalue weighted by atomic mass is 10.00. The van der Waals surface area contributed by atoms with Crippen molar-refractivity contribution >= 4 is 0 Å². The van der Waals surface area contributed by atoms with Crippen molar-refractivity contribution < 1.29 is 0 Å². The molecule has 2 unspecified atom stereocenters. The molecule has 94 valence electrons. The third-order valence-corrected chi connectivity index (χ3v) is 4.12. The molecule has 2 N–H and O–H groups in total. The van der Waals surface area contributed by atoms with E-state index in [-0.39, 0.29) is 0 Å². The largest absolute Gasteiger partial charge is 0.316 e. The number of likely N-dealkylation sites (N-methyl/N-ethyl adjacent to an activating group) is 1. The number of hydrogen-bond donors (Lipinski definition) is 2.